The van der Waals surface area contributed by atoms with Crippen LogP contribution in [0.4, 0.5) is 5.69 Å². The Balaban J connectivity index is 2.05. The fourth-order valence-corrected chi connectivity index (χ4v) is 5.80. The van der Waals surface area contributed by atoms with Crippen LogP contribution in [0.3, 0.4) is 0 Å². The number of benzene rings is 3. The van der Waals surface area contributed by atoms with E-state index in [9.17, 15) is 18.0 Å². The van der Waals surface area contributed by atoms with Crippen molar-refractivity contribution in [1.82, 2.24) is 10.2 Å². The number of sulfonamides is 1. The third-order valence-electron chi connectivity index (χ3n) is 6.73. The van der Waals surface area contributed by atoms with Gasteiger partial charge in [-0.1, -0.05) is 68.8 Å². The first kappa shape index (κ1) is 31.2. The number of anilines is 1. The summed E-state index contributed by atoms with van der Waals surface area (Å²) in [5, 5.41) is 3.34. The van der Waals surface area contributed by atoms with E-state index >= 15 is 0 Å². The van der Waals surface area contributed by atoms with Crippen LogP contribution in [0.2, 0.25) is 5.02 Å². The maximum Gasteiger partial charge on any atom is 0.264 e. The third-order valence-corrected chi connectivity index (χ3v) is 8.77. The maximum absolute atomic E-state index is 14.1. The Labute approximate surface area is 243 Å². The number of halogens is 1. The van der Waals surface area contributed by atoms with Crippen LogP contribution >= 0.6 is 11.6 Å². The first-order valence-electron chi connectivity index (χ1n) is 13.4. The van der Waals surface area contributed by atoms with Crippen LogP contribution in [-0.2, 0) is 26.2 Å². The molecule has 0 aliphatic carbocycles. The van der Waals surface area contributed by atoms with E-state index < -0.39 is 28.5 Å². The summed E-state index contributed by atoms with van der Waals surface area (Å²) in [6.45, 7) is 9.82. The molecular weight excluding hydrogens is 546 g/mol. The number of hydrogen-bond donors (Lipinski definition) is 1. The zero-order valence-corrected chi connectivity index (χ0v) is 25.3. The molecule has 0 spiro atoms. The van der Waals surface area contributed by atoms with E-state index in [4.69, 9.17) is 11.6 Å². The first-order chi connectivity index (χ1) is 18.9. The second kappa shape index (κ2) is 13.8. The van der Waals surface area contributed by atoms with Crippen LogP contribution in [0.1, 0.15) is 43.9 Å². The Morgan fingerprint density at radius 2 is 1.57 bits per heavy atom. The summed E-state index contributed by atoms with van der Waals surface area (Å²) in [5.74, 6) is -0.505. The Bertz CT molecular complexity index is 1410. The number of rotatable bonds is 12. The molecule has 0 fully saturated rings. The molecule has 0 aromatic heterocycles. The summed E-state index contributed by atoms with van der Waals surface area (Å²) in [6.07, 6.45) is 0.371. The normalized spacial score (nSPS) is 12.2. The summed E-state index contributed by atoms with van der Waals surface area (Å²) >= 11 is 6.02. The van der Waals surface area contributed by atoms with Gasteiger partial charge in [-0.25, -0.2) is 8.42 Å². The quantitative estimate of drug-likeness (QED) is 0.295. The highest BCUT2D eigenvalue weighted by molar-refractivity contribution is 7.92. The molecule has 0 radical (unpaired) electrons. The van der Waals surface area contributed by atoms with Crippen molar-refractivity contribution < 1.29 is 18.0 Å². The Kier molecular flexibility index (Phi) is 10.8. The largest absolute Gasteiger partial charge is 0.354 e. The van der Waals surface area contributed by atoms with E-state index in [-0.39, 0.29) is 23.3 Å². The minimum absolute atomic E-state index is 0.0132. The van der Waals surface area contributed by atoms with Crippen LogP contribution in [0.25, 0.3) is 0 Å². The van der Waals surface area contributed by atoms with E-state index in [2.05, 4.69) is 5.32 Å². The molecule has 7 nitrogen and oxygen atoms in total. The van der Waals surface area contributed by atoms with Crippen molar-refractivity contribution in [3.8, 4) is 0 Å². The fraction of sp³-hybridized carbons (Fsp3) is 0.355. The Hall–Kier alpha value is -3.36. The number of aryl methyl sites for hydroxylation is 2. The van der Waals surface area contributed by atoms with Crippen molar-refractivity contribution in [2.75, 3.05) is 17.4 Å². The van der Waals surface area contributed by atoms with Crippen molar-refractivity contribution in [2.24, 2.45) is 5.92 Å². The summed E-state index contributed by atoms with van der Waals surface area (Å²) in [4.78, 5) is 28.8. The standard InChI is InChI=1S/C31H38ClN3O4S/c1-6-29(31(37)33-19-22(2)3)34(20-25-10-8-7-9-11-25)30(36)21-35(27-15-12-23(4)24(5)18-27)40(38,39)28-16-13-26(32)14-17-28/h7-18,22,29H,6,19-21H2,1-5H3,(H,33,37). The Morgan fingerprint density at radius 1 is 0.925 bits per heavy atom. The molecule has 1 N–H and O–H groups in total. The van der Waals surface area contributed by atoms with Gasteiger partial charge in [-0.05, 0) is 79.3 Å². The summed E-state index contributed by atoms with van der Waals surface area (Å²) in [5.41, 5.74) is 3.09. The molecule has 0 bridgehead atoms. The number of nitrogens with one attached hydrogen (secondary N) is 1. The zero-order chi connectivity index (χ0) is 29.4. The second-order valence-corrected chi connectivity index (χ2v) is 12.6. The minimum Gasteiger partial charge on any atom is -0.354 e. The smallest absolute Gasteiger partial charge is 0.264 e. The van der Waals surface area contributed by atoms with Crippen molar-refractivity contribution in [3.63, 3.8) is 0 Å². The molecule has 0 aliphatic rings. The van der Waals surface area contributed by atoms with Crippen LogP contribution in [0.5, 0.6) is 0 Å². The van der Waals surface area contributed by atoms with Crippen molar-refractivity contribution in [1.29, 1.82) is 0 Å². The molecule has 40 heavy (non-hydrogen) atoms. The molecule has 1 unspecified atom stereocenters. The number of nitrogens with zero attached hydrogens (tertiary/aromatic N) is 2. The average Bonchev–Trinajstić information content (AvgIpc) is 2.92. The molecule has 0 saturated carbocycles. The molecule has 0 saturated heterocycles. The summed E-state index contributed by atoms with van der Waals surface area (Å²) in [6, 6.07) is 19.7. The molecule has 1 atom stereocenters. The summed E-state index contributed by atoms with van der Waals surface area (Å²) in [7, 11) is -4.15. The van der Waals surface area contributed by atoms with E-state index in [1.165, 1.54) is 29.2 Å². The zero-order valence-electron chi connectivity index (χ0n) is 23.7. The van der Waals surface area contributed by atoms with Gasteiger partial charge in [-0.3, -0.25) is 13.9 Å². The van der Waals surface area contributed by atoms with Gasteiger partial charge in [0, 0.05) is 18.1 Å². The highest BCUT2D eigenvalue weighted by atomic mass is 35.5. The van der Waals surface area contributed by atoms with E-state index in [0.717, 1.165) is 21.0 Å². The van der Waals surface area contributed by atoms with Gasteiger partial charge in [0.25, 0.3) is 10.0 Å². The number of carbonyl (C=O) groups excluding carboxylic acids is 2. The van der Waals surface area contributed by atoms with Gasteiger partial charge in [-0.15, -0.1) is 0 Å². The minimum atomic E-state index is -4.15. The average molecular weight is 584 g/mol. The van der Waals surface area contributed by atoms with E-state index in [0.29, 0.717) is 23.7 Å². The van der Waals surface area contributed by atoms with Crippen molar-refractivity contribution in [3.05, 3.63) is 94.5 Å². The lowest BCUT2D eigenvalue weighted by molar-refractivity contribution is -0.140. The van der Waals surface area contributed by atoms with Gasteiger partial charge in [0.15, 0.2) is 0 Å². The maximum atomic E-state index is 14.1. The predicted octanol–water partition coefficient (Wildman–Crippen LogP) is 5.73. The molecule has 3 rings (SSSR count). The number of carbonyl (C=O) groups is 2. The monoisotopic (exact) mass is 583 g/mol. The second-order valence-electron chi connectivity index (χ2n) is 10.3. The van der Waals surface area contributed by atoms with Gasteiger partial charge in [-0.2, -0.15) is 0 Å². The number of amides is 2. The molecule has 3 aromatic rings. The van der Waals surface area contributed by atoms with E-state index in [1.54, 1.807) is 12.1 Å². The van der Waals surface area contributed by atoms with Crippen LogP contribution in [-0.4, -0.2) is 44.3 Å². The van der Waals surface area contributed by atoms with Crippen LogP contribution < -0.4 is 9.62 Å². The van der Waals surface area contributed by atoms with Gasteiger partial charge in [0.1, 0.15) is 12.6 Å². The van der Waals surface area contributed by atoms with Crippen molar-refractivity contribution in [2.45, 2.75) is 58.5 Å². The highest BCUT2D eigenvalue weighted by Gasteiger charge is 2.33. The van der Waals surface area contributed by atoms with Crippen LogP contribution in [0.15, 0.2) is 77.7 Å². The molecular formula is C31H38ClN3O4S. The van der Waals surface area contributed by atoms with Gasteiger partial charge in [0.2, 0.25) is 11.8 Å². The molecule has 0 heterocycles. The highest BCUT2D eigenvalue weighted by Crippen LogP contribution is 2.27. The van der Waals surface area contributed by atoms with Gasteiger partial charge < -0.3 is 10.2 Å². The fourth-order valence-electron chi connectivity index (χ4n) is 4.27. The third kappa shape index (κ3) is 7.86. The molecule has 214 valence electrons. The lowest BCUT2D eigenvalue weighted by atomic mass is 10.1. The molecule has 2 amide bonds. The first-order valence-corrected chi connectivity index (χ1v) is 15.2. The predicted molar refractivity (Wildman–Crippen MR) is 161 cm³/mol. The van der Waals surface area contributed by atoms with Gasteiger partial charge in [0.05, 0.1) is 10.6 Å². The van der Waals surface area contributed by atoms with E-state index in [1.807, 2.05) is 71.0 Å². The lowest BCUT2D eigenvalue weighted by Gasteiger charge is -2.33. The van der Waals surface area contributed by atoms with Crippen LogP contribution in [0, 0.1) is 19.8 Å². The SMILES string of the molecule is CCC(C(=O)NCC(C)C)N(Cc1ccccc1)C(=O)CN(c1ccc(C)c(C)c1)S(=O)(=O)c1ccc(Cl)cc1. The number of hydrogen-bond acceptors (Lipinski definition) is 4. The molecule has 9 heteroatoms. The van der Waals surface area contributed by atoms with Crippen molar-refractivity contribution >= 4 is 39.1 Å². The molecule has 0 aliphatic heterocycles. The summed E-state index contributed by atoms with van der Waals surface area (Å²) < 4.78 is 29.0. The molecule has 3 aromatic carbocycles. The topological polar surface area (TPSA) is 86.8 Å². The lowest BCUT2D eigenvalue weighted by Crippen LogP contribution is -2.52. The van der Waals surface area contributed by atoms with Gasteiger partial charge >= 0.3 is 0 Å². The Morgan fingerprint density at radius 3 is 2.15 bits per heavy atom.